The second-order valence-corrected chi connectivity index (χ2v) is 2.55. The molecule has 3 nitrogen and oxygen atoms in total. The van der Waals surface area contributed by atoms with Crippen molar-refractivity contribution in [1.82, 2.24) is 0 Å². The van der Waals surface area contributed by atoms with Gasteiger partial charge in [0, 0.05) is 12.7 Å². The lowest BCUT2D eigenvalue weighted by molar-refractivity contribution is 1.43. The summed E-state index contributed by atoms with van der Waals surface area (Å²) in [6, 6.07) is 3.68. The quantitative estimate of drug-likeness (QED) is 0.528. The molecule has 0 aliphatic rings. The number of hydrogen-bond acceptors (Lipinski definition) is 3. The van der Waals surface area contributed by atoms with Crippen LogP contribution in [0.1, 0.15) is 5.56 Å². The number of nitrogens with one attached hydrogen (secondary N) is 1. The van der Waals surface area contributed by atoms with E-state index in [0.717, 1.165) is 22.6 Å². The molecular weight excluding hydrogens is 138 g/mol. The minimum absolute atomic E-state index is 0.737. The van der Waals surface area contributed by atoms with Crippen molar-refractivity contribution in [3.05, 3.63) is 17.7 Å². The van der Waals surface area contributed by atoms with Gasteiger partial charge in [0.15, 0.2) is 0 Å². The standard InChI is InChI=1S/C8H13N3/c1-5-3-6(9)4-7(11-2)8(5)10/h3-4,11H,9-10H2,1-2H3. The molecule has 0 aliphatic carbocycles. The molecule has 0 bridgehead atoms. The number of anilines is 3. The fraction of sp³-hybridized carbons (Fsp3) is 0.250. The Kier molecular flexibility index (Phi) is 1.89. The topological polar surface area (TPSA) is 64.1 Å². The van der Waals surface area contributed by atoms with Crippen LogP contribution in [-0.4, -0.2) is 7.05 Å². The molecule has 60 valence electrons. The summed E-state index contributed by atoms with van der Waals surface area (Å²) in [6.45, 7) is 1.94. The highest BCUT2D eigenvalue weighted by molar-refractivity contribution is 5.74. The SMILES string of the molecule is CNc1cc(N)cc(C)c1N. The summed E-state index contributed by atoms with van der Waals surface area (Å²) in [7, 11) is 1.82. The summed E-state index contributed by atoms with van der Waals surface area (Å²) in [5.41, 5.74) is 14.8. The Balaban J connectivity index is 3.24. The summed E-state index contributed by atoms with van der Waals surface area (Å²) < 4.78 is 0. The normalized spacial score (nSPS) is 9.64. The Labute approximate surface area is 66.4 Å². The van der Waals surface area contributed by atoms with Crippen LogP contribution < -0.4 is 16.8 Å². The van der Waals surface area contributed by atoms with Crippen molar-refractivity contribution < 1.29 is 0 Å². The van der Waals surface area contributed by atoms with Crippen LogP contribution in [-0.2, 0) is 0 Å². The maximum atomic E-state index is 5.74. The molecule has 0 atom stereocenters. The first kappa shape index (κ1) is 7.72. The molecule has 0 spiro atoms. The summed E-state index contributed by atoms with van der Waals surface area (Å²) in [5, 5.41) is 2.97. The van der Waals surface area contributed by atoms with Crippen LogP contribution in [0.25, 0.3) is 0 Å². The monoisotopic (exact) mass is 151 g/mol. The number of nitrogen functional groups attached to an aromatic ring is 2. The summed E-state index contributed by atoms with van der Waals surface area (Å²) in [4.78, 5) is 0. The van der Waals surface area contributed by atoms with Gasteiger partial charge in [-0.1, -0.05) is 0 Å². The molecule has 1 aromatic rings. The van der Waals surface area contributed by atoms with Gasteiger partial charge in [0.2, 0.25) is 0 Å². The third-order valence-electron chi connectivity index (χ3n) is 1.68. The molecule has 3 heteroatoms. The first-order chi connectivity index (χ1) is 5.15. The van der Waals surface area contributed by atoms with Gasteiger partial charge >= 0.3 is 0 Å². The Bertz CT molecular complexity index is 268. The average Bonchev–Trinajstić information content (AvgIpc) is 1.96. The molecule has 0 heterocycles. The van der Waals surface area contributed by atoms with Crippen LogP contribution in [0.5, 0.6) is 0 Å². The maximum absolute atomic E-state index is 5.74. The van der Waals surface area contributed by atoms with Gasteiger partial charge in [0.1, 0.15) is 0 Å². The Hall–Kier alpha value is -1.38. The molecule has 0 radical (unpaired) electrons. The van der Waals surface area contributed by atoms with Gasteiger partial charge in [0.05, 0.1) is 11.4 Å². The molecule has 0 unspecified atom stereocenters. The molecule has 0 amide bonds. The summed E-state index contributed by atoms with van der Waals surface area (Å²) >= 11 is 0. The Morgan fingerprint density at radius 3 is 2.45 bits per heavy atom. The number of nitrogens with two attached hydrogens (primary N) is 2. The van der Waals surface area contributed by atoms with Crippen LogP contribution >= 0.6 is 0 Å². The van der Waals surface area contributed by atoms with E-state index in [1.165, 1.54) is 0 Å². The van der Waals surface area contributed by atoms with Crippen LogP contribution in [0.2, 0.25) is 0 Å². The molecule has 1 aromatic carbocycles. The van der Waals surface area contributed by atoms with Gasteiger partial charge in [-0.05, 0) is 24.6 Å². The Morgan fingerprint density at radius 2 is 1.91 bits per heavy atom. The molecule has 0 saturated heterocycles. The van der Waals surface area contributed by atoms with Crippen molar-refractivity contribution in [1.29, 1.82) is 0 Å². The molecule has 0 saturated carbocycles. The molecule has 1 rings (SSSR count). The van der Waals surface area contributed by atoms with Gasteiger partial charge in [-0.3, -0.25) is 0 Å². The molecule has 11 heavy (non-hydrogen) atoms. The van der Waals surface area contributed by atoms with Gasteiger partial charge in [0.25, 0.3) is 0 Å². The summed E-state index contributed by atoms with van der Waals surface area (Å²) in [6.07, 6.45) is 0. The van der Waals surface area contributed by atoms with E-state index in [2.05, 4.69) is 5.32 Å². The van der Waals surface area contributed by atoms with E-state index < -0.39 is 0 Å². The van der Waals surface area contributed by atoms with E-state index in [0.29, 0.717) is 0 Å². The zero-order chi connectivity index (χ0) is 8.43. The van der Waals surface area contributed by atoms with Gasteiger partial charge in [-0.15, -0.1) is 0 Å². The highest BCUT2D eigenvalue weighted by atomic mass is 14.9. The minimum atomic E-state index is 0.737. The third kappa shape index (κ3) is 1.37. The van der Waals surface area contributed by atoms with E-state index in [-0.39, 0.29) is 0 Å². The first-order valence-electron chi connectivity index (χ1n) is 3.48. The van der Waals surface area contributed by atoms with Gasteiger partial charge < -0.3 is 16.8 Å². The van der Waals surface area contributed by atoms with Crippen molar-refractivity contribution in [2.45, 2.75) is 6.92 Å². The largest absolute Gasteiger partial charge is 0.399 e. The average molecular weight is 151 g/mol. The van der Waals surface area contributed by atoms with Crippen LogP contribution in [0.3, 0.4) is 0 Å². The number of hydrogen-bond donors (Lipinski definition) is 3. The van der Waals surface area contributed by atoms with Crippen molar-refractivity contribution in [3.63, 3.8) is 0 Å². The lowest BCUT2D eigenvalue weighted by Gasteiger charge is -2.08. The van der Waals surface area contributed by atoms with Crippen molar-refractivity contribution in [3.8, 4) is 0 Å². The predicted octanol–water partition coefficient (Wildman–Crippen LogP) is 1.20. The van der Waals surface area contributed by atoms with E-state index in [9.17, 15) is 0 Å². The van der Waals surface area contributed by atoms with Gasteiger partial charge in [-0.2, -0.15) is 0 Å². The molecular formula is C8H13N3. The predicted molar refractivity (Wildman–Crippen MR) is 49.6 cm³/mol. The number of aryl methyl sites for hydroxylation is 1. The first-order valence-corrected chi connectivity index (χ1v) is 3.48. The van der Waals surface area contributed by atoms with E-state index in [4.69, 9.17) is 11.5 Å². The Morgan fingerprint density at radius 1 is 1.27 bits per heavy atom. The second-order valence-electron chi connectivity index (χ2n) is 2.55. The zero-order valence-corrected chi connectivity index (χ0v) is 6.81. The highest BCUT2D eigenvalue weighted by Crippen LogP contribution is 2.24. The number of rotatable bonds is 1. The van der Waals surface area contributed by atoms with Crippen LogP contribution in [0.15, 0.2) is 12.1 Å². The van der Waals surface area contributed by atoms with Crippen molar-refractivity contribution >= 4 is 17.1 Å². The number of benzene rings is 1. The molecule has 0 aliphatic heterocycles. The van der Waals surface area contributed by atoms with E-state index in [1.54, 1.807) is 0 Å². The van der Waals surface area contributed by atoms with E-state index in [1.807, 2.05) is 26.1 Å². The molecule has 0 fully saturated rings. The third-order valence-corrected chi connectivity index (χ3v) is 1.68. The minimum Gasteiger partial charge on any atom is -0.399 e. The summed E-state index contributed by atoms with van der Waals surface area (Å²) in [5.74, 6) is 0. The highest BCUT2D eigenvalue weighted by Gasteiger charge is 2.00. The van der Waals surface area contributed by atoms with Crippen molar-refractivity contribution in [2.75, 3.05) is 23.8 Å². The second kappa shape index (κ2) is 2.70. The van der Waals surface area contributed by atoms with Crippen LogP contribution in [0.4, 0.5) is 17.1 Å². The lowest BCUT2D eigenvalue weighted by Crippen LogP contribution is -1.99. The fourth-order valence-corrected chi connectivity index (χ4v) is 1.03. The zero-order valence-electron chi connectivity index (χ0n) is 6.81. The fourth-order valence-electron chi connectivity index (χ4n) is 1.03. The van der Waals surface area contributed by atoms with E-state index >= 15 is 0 Å². The lowest BCUT2D eigenvalue weighted by atomic mass is 10.1. The van der Waals surface area contributed by atoms with Crippen LogP contribution in [0, 0.1) is 6.92 Å². The van der Waals surface area contributed by atoms with Gasteiger partial charge in [-0.25, -0.2) is 0 Å². The maximum Gasteiger partial charge on any atom is 0.0594 e. The molecule has 5 N–H and O–H groups in total. The smallest absolute Gasteiger partial charge is 0.0594 e. The van der Waals surface area contributed by atoms with Crippen molar-refractivity contribution in [2.24, 2.45) is 0 Å². The molecule has 0 aromatic heterocycles.